The zero-order valence-electron chi connectivity index (χ0n) is 9.92. The van der Waals surface area contributed by atoms with Crippen molar-refractivity contribution in [2.75, 3.05) is 5.32 Å². The number of imidazole rings is 1. The SMILES string of the molecule is CC(Nc1c(F)cc(F)cc1F)c1nccn1C. The van der Waals surface area contributed by atoms with Crippen molar-refractivity contribution < 1.29 is 13.2 Å². The van der Waals surface area contributed by atoms with Crippen LogP contribution in [-0.2, 0) is 7.05 Å². The number of nitrogens with one attached hydrogen (secondary N) is 1. The third-order valence-electron chi connectivity index (χ3n) is 2.61. The second-order valence-corrected chi connectivity index (χ2v) is 4.01. The lowest BCUT2D eigenvalue weighted by molar-refractivity contribution is 0.544. The molecule has 0 saturated carbocycles. The molecule has 96 valence electrons. The van der Waals surface area contributed by atoms with Crippen molar-refractivity contribution >= 4 is 5.69 Å². The van der Waals surface area contributed by atoms with Crippen molar-refractivity contribution in [2.45, 2.75) is 13.0 Å². The molecule has 0 fully saturated rings. The number of nitrogens with zero attached hydrogens (tertiary/aromatic N) is 2. The van der Waals surface area contributed by atoms with Gasteiger partial charge in [-0.2, -0.15) is 0 Å². The Morgan fingerprint density at radius 2 is 1.83 bits per heavy atom. The Balaban J connectivity index is 2.27. The van der Waals surface area contributed by atoms with Gasteiger partial charge in [0.2, 0.25) is 0 Å². The number of anilines is 1. The normalized spacial score (nSPS) is 12.5. The van der Waals surface area contributed by atoms with Crippen LogP contribution in [0.25, 0.3) is 0 Å². The molecule has 1 atom stereocenters. The highest BCUT2D eigenvalue weighted by molar-refractivity contribution is 5.47. The molecule has 0 saturated heterocycles. The molecule has 0 bridgehead atoms. The fraction of sp³-hybridized carbons (Fsp3) is 0.250. The standard InChI is InChI=1S/C12H12F3N3/c1-7(12-16-3-4-18(12)2)17-11-9(14)5-8(13)6-10(11)15/h3-7,17H,1-2H3. The summed E-state index contributed by atoms with van der Waals surface area (Å²) in [6, 6.07) is 0.868. The number of rotatable bonds is 3. The Morgan fingerprint density at radius 3 is 2.33 bits per heavy atom. The second-order valence-electron chi connectivity index (χ2n) is 4.01. The Kier molecular flexibility index (Phi) is 3.27. The molecule has 1 unspecified atom stereocenters. The first-order valence-corrected chi connectivity index (χ1v) is 5.37. The summed E-state index contributed by atoms with van der Waals surface area (Å²) in [7, 11) is 1.78. The summed E-state index contributed by atoms with van der Waals surface area (Å²) >= 11 is 0. The molecule has 0 aliphatic heterocycles. The van der Waals surface area contributed by atoms with Crippen LogP contribution in [0.3, 0.4) is 0 Å². The van der Waals surface area contributed by atoms with Crippen molar-refractivity contribution in [2.24, 2.45) is 7.05 Å². The smallest absolute Gasteiger partial charge is 0.152 e. The monoisotopic (exact) mass is 255 g/mol. The van der Waals surface area contributed by atoms with Gasteiger partial charge in [-0.3, -0.25) is 0 Å². The van der Waals surface area contributed by atoms with E-state index in [1.807, 2.05) is 0 Å². The first-order chi connectivity index (χ1) is 8.49. The number of benzene rings is 1. The van der Waals surface area contributed by atoms with Gasteiger partial charge in [-0.15, -0.1) is 0 Å². The van der Waals surface area contributed by atoms with Crippen LogP contribution < -0.4 is 5.32 Å². The molecule has 0 aliphatic carbocycles. The molecule has 1 aromatic carbocycles. The fourth-order valence-corrected chi connectivity index (χ4v) is 1.76. The van der Waals surface area contributed by atoms with E-state index in [0.29, 0.717) is 18.0 Å². The molecule has 2 rings (SSSR count). The Hall–Kier alpha value is -1.98. The Morgan fingerprint density at radius 1 is 1.22 bits per heavy atom. The minimum Gasteiger partial charge on any atom is -0.371 e. The van der Waals surface area contributed by atoms with Gasteiger partial charge in [0.1, 0.15) is 17.3 Å². The third-order valence-corrected chi connectivity index (χ3v) is 2.61. The van der Waals surface area contributed by atoms with Crippen molar-refractivity contribution in [1.82, 2.24) is 9.55 Å². The molecule has 1 aromatic heterocycles. The van der Waals surface area contributed by atoms with Crippen molar-refractivity contribution in [1.29, 1.82) is 0 Å². The lowest BCUT2D eigenvalue weighted by atomic mass is 10.2. The zero-order chi connectivity index (χ0) is 13.3. The van der Waals surface area contributed by atoms with Crippen LogP contribution in [0.4, 0.5) is 18.9 Å². The minimum atomic E-state index is -0.964. The van der Waals surface area contributed by atoms with E-state index in [1.54, 1.807) is 30.9 Å². The molecule has 3 nitrogen and oxygen atoms in total. The van der Waals surface area contributed by atoms with Crippen LogP contribution in [-0.4, -0.2) is 9.55 Å². The van der Waals surface area contributed by atoms with Crippen molar-refractivity contribution in [3.63, 3.8) is 0 Å². The topological polar surface area (TPSA) is 29.9 Å². The van der Waals surface area contributed by atoms with Gasteiger partial charge in [-0.1, -0.05) is 0 Å². The molecule has 0 radical (unpaired) electrons. The zero-order valence-corrected chi connectivity index (χ0v) is 9.92. The Bertz CT molecular complexity index is 542. The highest BCUT2D eigenvalue weighted by atomic mass is 19.1. The lowest BCUT2D eigenvalue weighted by Gasteiger charge is -2.16. The highest BCUT2D eigenvalue weighted by Gasteiger charge is 2.16. The van der Waals surface area contributed by atoms with E-state index in [9.17, 15) is 13.2 Å². The molecule has 0 spiro atoms. The first kappa shape index (κ1) is 12.5. The highest BCUT2D eigenvalue weighted by Crippen LogP contribution is 2.24. The van der Waals surface area contributed by atoms with Gasteiger partial charge < -0.3 is 9.88 Å². The van der Waals surface area contributed by atoms with Gasteiger partial charge in [0.05, 0.1) is 6.04 Å². The van der Waals surface area contributed by atoms with Gasteiger partial charge in [-0.25, -0.2) is 18.2 Å². The van der Waals surface area contributed by atoms with E-state index in [2.05, 4.69) is 10.3 Å². The number of aryl methyl sites for hydroxylation is 1. The quantitative estimate of drug-likeness (QED) is 0.913. The van der Waals surface area contributed by atoms with Crippen molar-refractivity contribution in [3.8, 4) is 0 Å². The van der Waals surface area contributed by atoms with Gasteiger partial charge in [0.25, 0.3) is 0 Å². The summed E-state index contributed by atoms with van der Waals surface area (Å²) in [5.41, 5.74) is -0.355. The predicted octanol–water partition coefficient (Wildman–Crippen LogP) is 3.01. The van der Waals surface area contributed by atoms with Gasteiger partial charge in [0.15, 0.2) is 11.6 Å². The van der Waals surface area contributed by atoms with Crippen LogP contribution in [0.15, 0.2) is 24.5 Å². The molecule has 18 heavy (non-hydrogen) atoms. The maximum absolute atomic E-state index is 13.4. The van der Waals surface area contributed by atoms with Crippen LogP contribution >= 0.6 is 0 Å². The van der Waals surface area contributed by atoms with Crippen LogP contribution in [0.2, 0.25) is 0 Å². The number of aromatic nitrogens is 2. The van der Waals surface area contributed by atoms with Crippen LogP contribution in [0.5, 0.6) is 0 Å². The third kappa shape index (κ3) is 2.32. The van der Waals surface area contributed by atoms with E-state index >= 15 is 0 Å². The largest absolute Gasteiger partial charge is 0.371 e. The molecular weight excluding hydrogens is 243 g/mol. The molecular formula is C12H12F3N3. The number of hydrogen-bond donors (Lipinski definition) is 1. The van der Waals surface area contributed by atoms with Crippen LogP contribution in [0.1, 0.15) is 18.8 Å². The summed E-state index contributed by atoms with van der Waals surface area (Å²) in [4.78, 5) is 4.07. The fourth-order valence-electron chi connectivity index (χ4n) is 1.76. The van der Waals surface area contributed by atoms with Gasteiger partial charge in [-0.05, 0) is 6.92 Å². The summed E-state index contributed by atoms with van der Waals surface area (Å²) < 4.78 is 41.4. The summed E-state index contributed by atoms with van der Waals surface area (Å²) in [6.45, 7) is 1.71. The summed E-state index contributed by atoms with van der Waals surface area (Å²) in [6.07, 6.45) is 3.32. The molecule has 0 aliphatic rings. The average Bonchev–Trinajstić information content (AvgIpc) is 2.69. The molecule has 6 heteroatoms. The number of hydrogen-bond acceptors (Lipinski definition) is 2. The van der Waals surface area contributed by atoms with E-state index in [4.69, 9.17) is 0 Å². The Labute approximate surface area is 102 Å². The minimum absolute atomic E-state index is 0.355. The summed E-state index contributed by atoms with van der Waals surface area (Å²) in [5, 5.41) is 2.65. The first-order valence-electron chi connectivity index (χ1n) is 5.37. The molecule has 2 aromatic rings. The number of halogens is 3. The van der Waals surface area contributed by atoms with Crippen LogP contribution in [0, 0.1) is 17.5 Å². The van der Waals surface area contributed by atoms with Gasteiger partial charge >= 0.3 is 0 Å². The summed E-state index contributed by atoms with van der Waals surface area (Å²) in [5.74, 6) is -2.25. The van der Waals surface area contributed by atoms with E-state index < -0.39 is 23.5 Å². The van der Waals surface area contributed by atoms with E-state index in [-0.39, 0.29) is 5.69 Å². The molecule has 1 heterocycles. The molecule has 0 amide bonds. The van der Waals surface area contributed by atoms with E-state index in [0.717, 1.165) is 0 Å². The van der Waals surface area contributed by atoms with Gasteiger partial charge in [0, 0.05) is 31.6 Å². The second kappa shape index (κ2) is 4.72. The van der Waals surface area contributed by atoms with Crippen molar-refractivity contribution in [3.05, 3.63) is 47.8 Å². The molecule has 1 N–H and O–H groups in total. The average molecular weight is 255 g/mol. The maximum Gasteiger partial charge on any atom is 0.152 e. The maximum atomic E-state index is 13.4. The lowest BCUT2D eigenvalue weighted by Crippen LogP contribution is -2.14. The predicted molar refractivity (Wildman–Crippen MR) is 61.6 cm³/mol. The van der Waals surface area contributed by atoms with E-state index in [1.165, 1.54) is 0 Å².